The molecule has 0 aromatic heterocycles. The summed E-state index contributed by atoms with van der Waals surface area (Å²) in [5.41, 5.74) is 1.22. The molecule has 0 unspecified atom stereocenters. The zero-order chi connectivity index (χ0) is 16.7. The monoisotopic (exact) mass is 318 g/mol. The van der Waals surface area contributed by atoms with Crippen LogP contribution < -0.4 is 0 Å². The van der Waals surface area contributed by atoms with E-state index in [1.165, 1.54) is 10.5 Å². The lowest BCUT2D eigenvalue weighted by Crippen LogP contribution is -2.18. The standard InChI is InChI=1S/C20H18N2S/c1-3-12-20(14-21,15-22)13-17-6-10-19(11-7-17)23-18-8-4-16(2)5-9-18/h3-11H,1,12-13H2,2H3. The summed E-state index contributed by atoms with van der Waals surface area (Å²) in [7, 11) is 0. The number of hydrogen-bond acceptors (Lipinski definition) is 3. The molecule has 114 valence electrons. The minimum Gasteiger partial charge on any atom is -0.197 e. The molecular formula is C20H18N2S. The Kier molecular flexibility index (Phi) is 5.63. The molecule has 0 fully saturated rings. The number of nitriles is 2. The summed E-state index contributed by atoms with van der Waals surface area (Å²) < 4.78 is 0. The fourth-order valence-electron chi connectivity index (χ4n) is 2.28. The second-order valence-electron chi connectivity index (χ2n) is 5.53. The summed E-state index contributed by atoms with van der Waals surface area (Å²) >= 11 is 1.70. The normalized spacial score (nSPS) is 10.6. The Morgan fingerprint density at radius 3 is 2.00 bits per heavy atom. The molecule has 3 heteroatoms. The zero-order valence-corrected chi connectivity index (χ0v) is 13.9. The predicted molar refractivity (Wildman–Crippen MR) is 93.9 cm³/mol. The molecule has 0 saturated carbocycles. The van der Waals surface area contributed by atoms with Crippen molar-refractivity contribution < 1.29 is 0 Å². The molecule has 0 aliphatic carbocycles. The smallest absolute Gasteiger partial charge is 0.151 e. The average molecular weight is 318 g/mol. The van der Waals surface area contributed by atoms with Gasteiger partial charge in [0.05, 0.1) is 12.1 Å². The molecule has 0 saturated heterocycles. The van der Waals surface area contributed by atoms with Crippen LogP contribution in [-0.4, -0.2) is 0 Å². The maximum Gasteiger partial charge on any atom is 0.151 e. The van der Waals surface area contributed by atoms with E-state index >= 15 is 0 Å². The van der Waals surface area contributed by atoms with E-state index in [0.717, 1.165) is 10.5 Å². The van der Waals surface area contributed by atoms with Gasteiger partial charge in [0.2, 0.25) is 0 Å². The Balaban J connectivity index is 2.10. The van der Waals surface area contributed by atoms with Crippen molar-refractivity contribution in [1.29, 1.82) is 10.5 Å². The molecule has 0 amide bonds. The number of allylic oxidation sites excluding steroid dienone is 1. The second kappa shape index (κ2) is 7.68. The highest BCUT2D eigenvalue weighted by molar-refractivity contribution is 7.99. The first-order valence-electron chi connectivity index (χ1n) is 7.38. The maximum atomic E-state index is 9.32. The molecular weight excluding hydrogens is 300 g/mol. The minimum atomic E-state index is -1.02. The van der Waals surface area contributed by atoms with Gasteiger partial charge in [0.15, 0.2) is 5.41 Å². The van der Waals surface area contributed by atoms with Crippen molar-refractivity contribution in [2.24, 2.45) is 5.41 Å². The SMILES string of the molecule is C=CCC(C#N)(C#N)Cc1ccc(Sc2ccc(C)cc2)cc1. The molecule has 2 aromatic carbocycles. The third kappa shape index (κ3) is 4.49. The van der Waals surface area contributed by atoms with Crippen molar-refractivity contribution in [3.05, 3.63) is 72.3 Å². The quantitative estimate of drug-likeness (QED) is 0.679. The molecule has 23 heavy (non-hydrogen) atoms. The van der Waals surface area contributed by atoms with Crippen molar-refractivity contribution in [2.45, 2.75) is 29.6 Å². The van der Waals surface area contributed by atoms with E-state index in [4.69, 9.17) is 0 Å². The van der Waals surface area contributed by atoms with E-state index in [0.29, 0.717) is 12.8 Å². The molecule has 0 spiro atoms. The molecule has 0 radical (unpaired) electrons. The Morgan fingerprint density at radius 2 is 1.52 bits per heavy atom. The lowest BCUT2D eigenvalue weighted by molar-refractivity contribution is 0.527. The van der Waals surface area contributed by atoms with Crippen LogP contribution in [0.4, 0.5) is 0 Å². The van der Waals surface area contributed by atoms with E-state index < -0.39 is 5.41 Å². The highest BCUT2D eigenvalue weighted by atomic mass is 32.2. The van der Waals surface area contributed by atoms with E-state index in [-0.39, 0.29) is 0 Å². The largest absolute Gasteiger partial charge is 0.197 e. The summed E-state index contributed by atoms with van der Waals surface area (Å²) in [5.74, 6) is 0. The van der Waals surface area contributed by atoms with Crippen LogP contribution in [0.25, 0.3) is 0 Å². The van der Waals surface area contributed by atoms with Crippen molar-refractivity contribution in [3.63, 3.8) is 0 Å². The van der Waals surface area contributed by atoms with Crippen LogP contribution in [0.5, 0.6) is 0 Å². The summed E-state index contributed by atoms with van der Waals surface area (Å²) in [4.78, 5) is 2.33. The van der Waals surface area contributed by atoms with Gasteiger partial charge < -0.3 is 0 Å². The zero-order valence-electron chi connectivity index (χ0n) is 13.1. The predicted octanol–water partition coefficient (Wildman–Crippen LogP) is 5.30. The molecule has 2 rings (SSSR count). The van der Waals surface area contributed by atoms with Crippen LogP contribution in [0.2, 0.25) is 0 Å². The number of aryl methyl sites for hydroxylation is 1. The molecule has 0 bridgehead atoms. The average Bonchev–Trinajstić information content (AvgIpc) is 2.58. The van der Waals surface area contributed by atoms with Gasteiger partial charge in [-0.15, -0.1) is 6.58 Å². The van der Waals surface area contributed by atoms with E-state index in [2.05, 4.69) is 49.9 Å². The van der Waals surface area contributed by atoms with Gasteiger partial charge in [-0.1, -0.05) is 47.7 Å². The van der Waals surface area contributed by atoms with Gasteiger partial charge >= 0.3 is 0 Å². The highest BCUT2D eigenvalue weighted by Crippen LogP contribution is 2.30. The maximum absolute atomic E-state index is 9.32. The fraction of sp³-hybridized carbons (Fsp3) is 0.200. The Hall–Kier alpha value is -2.49. The molecule has 0 N–H and O–H groups in total. The highest BCUT2D eigenvalue weighted by Gasteiger charge is 2.28. The van der Waals surface area contributed by atoms with Crippen LogP contribution in [0.3, 0.4) is 0 Å². The number of benzene rings is 2. The van der Waals surface area contributed by atoms with Crippen LogP contribution in [-0.2, 0) is 6.42 Å². The van der Waals surface area contributed by atoms with E-state index in [9.17, 15) is 10.5 Å². The van der Waals surface area contributed by atoms with Crippen LogP contribution in [0.15, 0.2) is 71.0 Å². The van der Waals surface area contributed by atoms with Crippen molar-refractivity contribution in [3.8, 4) is 12.1 Å². The van der Waals surface area contributed by atoms with Gasteiger partial charge in [0, 0.05) is 16.2 Å². The first-order valence-corrected chi connectivity index (χ1v) is 8.19. The summed E-state index contributed by atoms with van der Waals surface area (Å²) in [6, 6.07) is 20.7. The summed E-state index contributed by atoms with van der Waals surface area (Å²) in [5, 5.41) is 18.6. The molecule has 0 aliphatic heterocycles. The third-order valence-electron chi connectivity index (χ3n) is 3.61. The van der Waals surface area contributed by atoms with Crippen molar-refractivity contribution in [2.75, 3.05) is 0 Å². The van der Waals surface area contributed by atoms with Gasteiger partial charge in [0.25, 0.3) is 0 Å². The topological polar surface area (TPSA) is 47.6 Å². The third-order valence-corrected chi connectivity index (χ3v) is 4.62. The van der Waals surface area contributed by atoms with Crippen molar-refractivity contribution >= 4 is 11.8 Å². The molecule has 2 nitrogen and oxygen atoms in total. The number of nitrogens with zero attached hydrogens (tertiary/aromatic N) is 2. The number of hydrogen-bond donors (Lipinski definition) is 0. The fourth-order valence-corrected chi connectivity index (χ4v) is 3.10. The first-order chi connectivity index (χ1) is 11.1. The molecule has 0 heterocycles. The minimum absolute atomic E-state index is 0.375. The molecule has 2 aromatic rings. The van der Waals surface area contributed by atoms with Gasteiger partial charge in [-0.2, -0.15) is 10.5 Å². The lowest BCUT2D eigenvalue weighted by Gasteiger charge is -2.16. The summed E-state index contributed by atoms with van der Waals surface area (Å²) in [6.45, 7) is 5.72. The van der Waals surface area contributed by atoms with E-state index in [1.54, 1.807) is 17.8 Å². The van der Waals surface area contributed by atoms with E-state index in [1.807, 2.05) is 24.3 Å². The summed E-state index contributed by atoms with van der Waals surface area (Å²) in [6.07, 6.45) is 2.43. The first kappa shape index (κ1) is 16.9. The van der Waals surface area contributed by atoms with Gasteiger partial charge in [-0.25, -0.2) is 0 Å². The lowest BCUT2D eigenvalue weighted by atomic mass is 9.81. The Bertz CT molecular complexity index is 732. The second-order valence-corrected chi connectivity index (χ2v) is 6.68. The Labute approximate surface area is 142 Å². The van der Waals surface area contributed by atoms with Gasteiger partial charge in [-0.3, -0.25) is 0 Å². The molecule has 0 aliphatic rings. The van der Waals surface area contributed by atoms with Crippen LogP contribution in [0, 0.1) is 35.0 Å². The van der Waals surface area contributed by atoms with Gasteiger partial charge in [0.1, 0.15) is 0 Å². The van der Waals surface area contributed by atoms with Crippen molar-refractivity contribution in [1.82, 2.24) is 0 Å². The Morgan fingerprint density at radius 1 is 1.00 bits per heavy atom. The van der Waals surface area contributed by atoms with Gasteiger partial charge in [-0.05, 0) is 43.2 Å². The van der Waals surface area contributed by atoms with Crippen LogP contribution in [0.1, 0.15) is 17.5 Å². The van der Waals surface area contributed by atoms with Crippen LogP contribution >= 0.6 is 11.8 Å². The number of rotatable bonds is 6. The molecule has 0 atom stereocenters.